The molecule has 5 heteroatoms. The van der Waals surface area contributed by atoms with Gasteiger partial charge in [-0.05, 0) is 49.3 Å². The molecule has 2 aliphatic heterocycles. The van der Waals surface area contributed by atoms with E-state index in [0.29, 0.717) is 13.1 Å². The average Bonchev–Trinajstić information content (AvgIpc) is 3.06. The molecule has 3 aromatic carbocycles. The molecule has 0 fully saturated rings. The van der Waals surface area contributed by atoms with Crippen molar-refractivity contribution in [2.45, 2.75) is 25.9 Å². The van der Waals surface area contributed by atoms with Crippen molar-refractivity contribution in [3.05, 3.63) is 113 Å². The molecule has 2 heterocycles. The third kappa shape index (κ3) is 3.54. The zero-order valence-corrected chi connectivity index (χ0v) is 19.3. The number of nitrogens with zero attached hydrogens (tertiary/aromatic N) is 2. The van der Waals surface area contributed by atoms with Crippen LogP contribution in [0.2, 0.25) is 0 Å². The van der Waals surface area contributed by atoms with Crippen molar-refractivity contribution in [3.63, 3.8) is 0 Å². The fraction of sp³-hybridized carbons (Fsp3) is 0.207. The number of likely N-dealkylation sites (N-methyl/N-ethyl adjacent to an activating group) is 2. The summed E-state index contributed by atoms with van der Waals surface area (Å²) in [6.45, 7) is 5.46. The lowest BCUT2D eigenvalue weighted by atomic mass is 10.0. The topological polar surface area (TPSA) is 57.7 Å². The molecular formula is C29H26N2O3. The maximum atomic E-state index is 13.3. The average molecular weight is 451 g/mol. The van der Waals surface area contributed by atoms with E-state index in [-0.39, 0.29) is 22.5 Å². The highest BCUT2D eigenvalue weighted by Gasteiger charge is 2.22. The van der Waals surface area contributed by atoms with E-state index in [0.717, 1.165) is 22.5 Å². The Labute approximate surface area is 197 Å². The van der Waals surface area contributed by atoms with Crippen molar-refractivity contribution in [3.8, 4) is 0 Å². The van der Waals surface area contributed by atoms with Crippen molar-refractivity contribution in [1.29, 1.82) is 0 Å². The van der Waals surface area contributed by atoms with Crippen LogP contribution >= 0.6 is 0 Å². The van der Waals surface area contributed by atoms with E-state index in [1.165, 1.54) is 0 Å². The van der Waals surface area contributed by atoms with Gasteiger partial charge in [0.25, 0.3) is 0 Å². The van der Waals surface area contributed by atoms with Crippen LogP contribution in [-0.4, -0.2) is 25.2 Å². The van der Waals surface area contributed by atoms with E-state index in [2.05, 4.69) is 9.80 Å². The minimum atomic E-state index is -0.720. The standard InChI is InChI=1S/C29H26N2O3/c1-3-30-21(15-13-19-9-5-7-11-25(19)30)17-23-27(32)24(29(34)28(23)33)18-22-16-14-20-10-6-8-12-26(20)31(22)4-2/h5-18,21-22H,3-4H2,1-2H3/b23-17-,24-18-. The van der Waals surface area contributed by atoms with Crippen LogP contribution in [0.5, 0.6) is 0 Å². The third-order valence-corrected chi connectivity index (χ3v) is 6.70. The molecular weight excluding hydrogens is 424 g/mol. The third-order valence-electron chi connectivity index (χ3n) is 6.70. The number of hydrogen-bond acceptors (Lipinski definition) is 5. The number of para-hydroxylation sites is 2. The molecule has 0 bridgehead atoms. The highest BCUT2D eigenvalue weighted by molar-refractivity contribution is 5.76. The van der Waals surface area contributed by atoms with Crippen LogP contribution in [0.25, 0.3) is 24.3 Å². The lowest BCUT2D eigenvalue weighted by molar-refractivity contribution is 0.826. The molecule has 170 valence electrons. The second kappa shape index (κ2) is 8.75. The van der Waals surface area contributed by atoms with Crippen LogP contribution in [-0.2, 0) is 0 Å². The van der Waals surface area contributed by atoms with Gasteiger partial charge in [0, 0.05) is 24.5 Å². The molecule has 3 aromatic rings. The molecule has 34 heavy (non-hydrogen) atoms. The smallest absolute Gasteiger partial charge is 0.237 e. The van der Waals surface area contributed by atoms with Crippen LogP contribution < -0.4 is 36.5 Å². The second-order valence-electron chi connectivity index (χ2n) is 8.54. The van der Waals surface area contributed by atoms with Gasteiger partial charge in [0.05, 0.1) is 22.5 Å². The van der Waals surface area contributed by atoms with E-state index in [9.17, 15) is 14.4 Å². The lowest BCUT2D eigenvalue weighted by Crippen LogP contribution is -2.43. The molecule has 5 rings (SSSR count). The maximum absolute atomic E-state index is 13.3. The van der Waals surface area contributed by atoms with Crippen molar-refractivity contribution < 1.29 is 0 Å². The van der Waals surface area contributed by atoms with E-state index in [1.54, 1.807) is 12.2 Å². The lowest BCUT2D eigenvalue weighted by Gasteiger charge is -2.33. The molecule has 0 amide bonds. The Kier molecular flexibility index (Phi) is 5.62. The van der Waals surface area contributed by atoms with Gasteiger partial charge in [0.2, 0.25) is 16.3 Å². The Morgan fingerprint density at radius 1 is 0.647 bits per heavy atom. The van der Waals surface area contributed by atoms with Crippen LogP contribution in [0.1, 0.15) is 25.0 Å². The van der Waals surface area contributed by atoms with Crippen LogP contribution in [0, 0.1) is 0 Å². The maximum Gasteiger partial charge on any atom is 0.237 e. The summed E-state index contributed by atoms with van der Waals surface area (Å²) in [6.07, 6.45) is 11.2. The molecule has 0 radical (unpaired) electrons. The van der Waals surface area contributed by atoms with Crippen LogP contribution in [0.3, 0.4) is 0 Å². The summed E-state index contributed by atoms with van der Waals surface area (Å²) in [5.41, 5.74) is 2.33. The minimum absolute atomic E-state index is 0.0352. The number of rotatable bonds is 4. The van der Waals surface area contributed by atoms with E-state index < -0.39 is 16.3 Å². The molecule has 0 N–H and O–H groups in total. The zero-order valence-electron chi connectivity index (χ0n) is 19.3. The molecule has 0 spiro atoms. The molecule has 2 unspecified atom stereocenters. The largest absolute Gasteiger partial charge is 0.361 e. The number of anilines is 2. The SMILES string of the molecule is CCN1c2ccccc2C=CC1/C=c1\c(=O)c(=O)/c(=C\C2C=Cc3ccccc3N2CC)c1=O. The number of fused-ring (bicyclic) bond motifs is 2. The monoisotopic (exact) mass is 450 g/mol. The predicted molar refractivity (Wildman–Crippen MR) is 140 cm³/mol. The molecule has 2 aliphatic rings. The number of hydrogen-bond donors (Lipinski definition) is 0. The fourth-order valence-corrected chi connectivity index (χ4v) is 5.01. The van der Waals surface area contributed by atoms with Crippen molar-refractivity contribution >= 4 is 35.7 Å². The molecule has 0 aliphatic carbocycles. The van der Waals surface area contributed by atoms with Gasteiger partial charge in [-0.2, -0.15) is 0 Å². The van der Waals surface area contributed by atoms with Gasteiger partial charge in [-0.3, -0.25) is 14.4 Å². The molecule has 2 atom stereocenters. The first-order valence-electron chi connectivity index (χ1n) is 11.7. The van der Waals surface area contributed by atoms with E-state index in [1.807, 2.05) is 86.7 Å². The summed E-state index contributed by atoms with van der Waals surface area (Å²) < 4.78 is 0. The summed E-state index contributed by atoms with van der Waals surface area (Å²) in [5.74, 6) is 0. The predicted octanol–water partition coefficient (Wildman–Crippen LogP) is 2.05. The van der Waals surface area contributed by atoms with Gasteiger partial charge in [-0.1, -0.05) is 60.7 Å². The highest BCUT2D eigenvalue weighted by atomic mass is 16.2. The first-order valence-corrected chi connectivity index (χ1v) is 11.7. The van der Waals surface area contributed by atoms with Gasteiger partial charge in [-0.25, -0.2) is 0 Å². The van der Waals surface area contributed by atoms with Gasteiger partial charge >= 0.3 is 0 Å². The molecule has 0 saturated carbocycles. The summed E-state index contributed by atoms with van der Waals surface area (Å²) >= 11 is 0. The Morgan fingerprint density at radius 3 is 1.47 bits per heavy atom. The molecule has 0 aromatic heterocycles. The molecule has 0 saturated heterocycles. The minimum Gasteiger partial charge on any atom is -0.361 e. The molecule has 5 nitrogen and oxygen atoms in total. The summed E-state index contributed by atoms with van der Waals surface area (Å²) in [7, 11) is 0. The van der Waals surface area contributed by atoms with Crippen LogP contribution in [0.4, 0.5) is 11.4 Å². The highest BCUT2D eigenvalue weighted by Crippen LogP contribution is 2.29. The van der Waals surface area contributed by atoms with Crippen molar-refractivity contribution in [2.75, 3.05) is 22.9 Å². The Morgan fingerprint density at radius 2 is 1.06 bits per heavy atom. The summed E-state index contributed by atoms with van der Waals surface area (Å²) in [5, 5.41) is -0.0704. The summed E-state index contributed by atoms with van der Waals surface area (Å²) in [6, 6.07) is 15.5. The van der Waals surface area contributed by atoms with Gasteiger partial charge in [0.15, 0.2) is 0 Å². The fourth-order valence-electron chi connectivity index (χ4n) is 5.01. The summed E-state index contributed by atoms with van der Waals surface area (Å²) in [4.78, 5) is 43.3. The first kappa shape index (κ1) is 21.8. The quantitative estimate of drug-likeness (QED) is 0.570. The first-order chi connectivity index (χ1) is 16.5. The Bertz CT molecular complexity index is 1460. The van der Waals surface area contributed by atoms with Crippen LogP contribution in [0.15, 0.2) is 75.1 Å². The van der Waals surface area contributed by atoms with Gasteiger partial charge in [-0.15, -0.1) is 0 Å². The number of benzene rings is 2. The van der Waals surface area contributed by atoms with Gasteiger partial charge in [0.1, 0.15) is 0 Å². The second-order valence-corrected chi connectivity index (χ2v) is 8.54. The Hall–Kier alpha value is -3.99. The van der Waals surface area contributed by atoms with Gasteiger partial charge < -0.3 is 9.80 Å². The van der Waals surface area contributed by atoms with Crippen molar-refractivity contribution in [2.24, 2.45) is 0 Å². The normalized spacial score (nSPS) is 20.1. The Balaban J connectivity index is 1.60. The van der Waals surface area contributed by atoms with E-state index in [4.69, 9.17) is 0 Å². The van der Waals surface area contributed by atoms with Crippen molar-refractivity contribution in [1.82, 2.24) is 0 Å². The zero-order chi connectivity index (χ0) is 23.8. The van der Waals surface area contributed by atoms with E-state index >= 15 is 0 Å².